The molecule has 0 bridgehead atoms. The Balaban J connectivity index is 1.98. The molecule has 0 fully saturated rings. The number of fused-ring (bicyclic) bond motifs is 1. The third-order valence-electron chi connectivity index (χ3n) is 5.20. The molecule has 2 nitrogen and oxygen atoms in total. The molecule has 2 atom stereocenters. The Morgan fingerprint density at radius 2 is 1.58 bits per heavy atom. The van der Waals surface area contributed by atoms with Gasteiger partial charge in [-0.15, -0.1) is 0 Å². The zero-order valence-corrected chi connectivity index (χ0v) is 15.2. The van der Waals surface area contributed by atoms with Crippen molar-refractivity contribution in [1.82, 2.24) is 9.97 Å². The minimum Gasteiger partial charge on any atom is -0.342 e. The van der Waals surface area contributed by atoms with Crippen molar-refractivity contribution in [2.75, 3.05) is 0 Å². The number of nitrogens with zero attached hydrogens (tertiary/aromatic N) is 1. The van der Waals surface area contributed by atoms with E-state index in [9.17, 15) is 0 Å². The maximum atomic E-state index is 4.81. The van der Waals surface area contributed by atoms with Crippen molar-refractivity contribution in [2.45, 2.75) is 52.4 Å². The third kappa shape index (κ3) is 3.38. The van der Waals surface area contributed by atoms with E-state index in [4.69, 9.17) is 4.98 Å². The van der Waals surface area contributed by atoms with E-state index in [1.807, 2.05) is 6.07 Å². The summed E-state index contributed by atoms with van der Waals surface area (Å²) in [6.07, 6.45) is 2.14. The minimum absolute atomic E-state index is 0.495. The molecule has 0 radical (unpaired) electrons. The number of nitrogens with one attached hydrogen (secondary N) is 1. The maximum absolute atomic E-state index is 4.81. The summed E-state index contributed by atoms with van der Waals surface area (Å²) in [6.45, 7) is 9.22. The monoisotopic (exact) mass is 320 g/mol. The van der Waals surface area contributed by atoms with Crippen molar-refractivity contribution in [1.29, 1.82) is 0 Å². The molecular weight excluding hydrogens is 292 g/mol. The zero-order valence-electron chi connectivity index (χ0n) is 15.2. The van der Waals surface area contributed by atoms with Crippen LogP contribution in [0.15, 0.2) is 48.5 Å². The molecule has 0 saturated heterocycles. The van der Waals surface area contributed by atoms with E-state index in [0.29, 0.717) is 17.8 Å². The van der Waals surface area contributed by atoms with E-state index in [0.717, 1.165) is 23.3 Å². The van der Waals surface area contributed by atoms with Crippen LogP contribution in [0.2, 0.25) is 0 Å². The number of imidazole rings is 1. The number of rotatable bonds is 6. The van der Waals surface area contributed by atoms with Gasteiger partial charge in [-0.2, -0.15) is 0 Å². The lowest BCUT2D eigenvalue weighted by Crippen LogP contribution is -2.15. The Morgan fingerprint density at radius 1 is 0.917 bits per heavy atom. The topological polar surface area (TPSA) is 28.7 Å². The van der Waals surface area contributed by atoms with E-state index in [1.54, 1.807) is 0 Å². The maximum Gasteiger partial charge on any atom is 0.107 e. The van der Waals surface area contributed by atoms with Gasteiger partial charge < -0.3 is 4.98 Å². The molecule has 3 rings (SSSR count). The number of hydrogen-bond donors (Lipinski definition) is 1. The quantitative estimate of drug-likeness (QED) is 0.587. The molecule has 0 aliphatic heterocycles. The SMILES string of the molecule is CCC(C)C(Cc1nc2ccccc2[nH]1)c1ccccc1C(C)C. The molecule has 1 heterocycles. The van der Waals surface area contributed by atoms with Crippen LogP contribution in [0, 0.1) is 5.92 Å². The molecule has 1 aromatic heterocycles. The molecule has 2 heteroatoms. The first-order valence-corrected chi connectivity index (χ1v) is 9.12. The van der Waals surface area contributed by atoms with Gasteiger partial charge in [0.15, 0.2) is 0 Å². The van der Waals surface area contributed by atoms with Crippen LogP contribution in [0.25, 0.3) is 11.0 Å². The summed E-state index contributed by atoms with van der Waals surface area (Å²) < 4.78 is 0. The summed E-state index contributed by atoms with van der Waals surface area (Å²) >= 11 is 0. The van der Waals surface area contributed by atoms with Gasteiger partial charge in [0, 0.05) is 6.42 Å². The van der Waals surface area contributed by atoms with Crippen LogP contribution < -0.4 is 0 Å². The summed E-state index contributed by atoms with van der Waals surface area (Å²) in [5, 5.41) is 0. The van der Waals surface area contributed by atoms with E-state index in [1.165, 1.54) is 17.5 Å². The molecule has 1 N–H and O–H groups in total. The van der Waals surface area contributed by atoms with Crippen molar-refractivity contribution in [2.24, 2.45) is 5.92 Å². The predicted octanol–water partition coefficient (Wildman–Crippen LogP) is 6.06. The fourth-order valence-corrected chi connectivity index (χ4v) is 3.59. The molecule has 126 valence electrons. The Hall–Kier alpha value is -2.09. The standard InChI is InChI=1S/C22H28N2/c1-5-16(4)19(18-11-7-6-10-17(18)15(2)3)14-22-23-20-12-8-9-13-21(20)24-22/h6-13,15-16,19H,5,14H2,1-4H3,(H,23,24). The lowest BCUT2D eigenvalue weighted by atomic mass is 9.79. The summed E-state index contributed by atoms with van der Waals surface area (Å²) in [5.74, 6) is 2.76. The van der Waals surface area contributed by atoms with Gasteiger partial charge in [-0.25, -0.2) is 4.98 Å². The van der Waals surface area contributed by atoms with Crippen LogP contribution in [-0.4, -0.2) is 9.97 Å². The Bertz CT molecular complexity index is 767. The molecule has 0 spiro atoms. The summed E-state index contributed by atoms with van der Waals surface area (Å²) in [4.78, 5) is 8.33. The summed E-state index contributed by atoms with van der Waals surface area (Å²) in [6, 6.07) is 17.2. The molecule has 0 saturated carbocycles. The van der Waals surface area contributed by atoms with Crippen LogP contribution in [0.1, 0.15) is 62.9 Å². The average Bonchev–Trinajstić information content (AvgIpc) is 3.01. The highest BCUT2D eigenvalue weighted by Gasteiger charge is 2.23. The van der Waals surface area contributed by atoms with Gasteiger partial charge in [-0.05, 0) is 41.0 Å². The second-order valence-corrected chi connectivity index (χ2v) is 7.18. The fourth-order valence-electron chi connectivity index (χ4n) is 3.59. The fraction of sp³-hybridized carbons (Fsp3) is 0.409. The summed E-state index contributed by atoms with van der Waals surface area (Å²) in [7, 11) is 0. The Labute approximate surface area is 145 Å². The molecule has 0 aliphatic rings. The first kappa shape index (κ1) is 16.8. The van der Waals surface area contributed by atoms with Crippen LogP contribution in [0.5, 0.6) is 0 Å². The lowest BCUT2D eigenvalue weighted by molar-refractivity contribution is 0.434. The number of benzene rings is 2. The Morgan fingerprint density at radius 3 is 2.25 bits per heavy atom. The van der Waals surface area contributed by atoms with Gasteiger partial charge in [0.25, 0.3) is 0 Å². The first-order chi connectivity index (χ1) is 11.6. The van der Waals surface area contributed by atoms with Crippen molar-refractivity contribution >= 4 is 11.0 Å². The lowest BCUT2D eigenvalue weighted by Gasteiger charge is -2.26. The zero-order chi connectivity index (χ0) is 17.1. The highest BCUT2D eigenvalue weighted by atomic mass is 14.9. The van der Waals surface area contributed by atoms with Gasteiger partial charge in [0.2, 0.25) is 0 Å². The van der Waals surface area contributed by atoms with Crippen LogP contribution in [0.4, 0.5) is 0 Å². The van der Waals surface area contributed by atoms with Gasteiger partial charge in [-0.3, -0.25) is 0 Å². The molecule has 0 amide bonds. The first-order valence-electron chi connectivity index (χ1n) is 9.12. The number of aromatic nitrogens is 2. The van der Waals surface area contributed by atoms with Gasteiger partial charge in [0.05, 0.1) is 11.0 Å². The second-order valence-electron chi connectivity index (χ2n) is 7.18. The van der Waals surface area contributed by atoms with E-state index in [-0.39, 0.29) is 0 Å². The van der Waals surface area contributed by atoms with Crippen LogP contribution in [0.3, 0.4) is 0 Å². The van der Waals surface area contributed by atoms with Crippen molar-refractivity contribution in [3.63, 3.8) is 0 Å². The molecule has 3 aromatic rings. The van der Waals surface area contributed by atoms with E-state index < -0.39 is 0 Å². The summed E-state index contributed by atoms with van der Waals surface area (Å²) in [5.41, 5.74) is 5.15. The van der Waals surface area contributed by atoms with E-state index in [2.05, 4.69) is 75.1 Å². The average molecular weight is 320 g/mol. The smallest absolute Gasteiger partial charge is 0.107 e. The number of H-pyrrole nitrogens is 1. The highest BCUT2D eigenvalue weighted by molar-refractivity contribution is 5.74. The van der Waals surface area contributed by atoms with Crippen molar-refractivity contribution < 1.29 is 0 Å². The van der Waals surface area contributed by atoms with Crippen LogP contribution >= 0.6 is 0 Å². The minimum atomic E-state index is 0.495. The Kier molecular flexibility index (Phi) is 5.03. The van der Waals surface area contributed by atoms with Gasteiger partial charge in [0.1, 0.15) is 5.82 Å². The number of hydrogen-bond acceptors (Lipinski definition) is 1. The second kappa shape index (κ2) is 7.21. The molecular formula is C22H28N2. The number of para-hydroxylation sites is 2. The highest BCUT2D eigenvalue weighted by Crippen LogP contribution is 2.35. The van der Waals surface area contributed by atoms with Crippen molar-refractivity contribution in [3.8, 4) is 0 Å². The number of aromatic amines is 1. The van der Waals surface area contributed by atoms with Gasteiger partial charge in [-0.1, -0.05) is 70.5 Å². The molecule has 24 heavy (non-hydrogen) atoms. The van der Waals surface area contributed by atoms with Crippen LogP contribution in [-0.2, 0) is 6.42 Å². The predicted molar refractivity (Wildman–Crippen MR) is 103 cm³/mol. The third-order valence-corrected chi connectivity index (χ3v) is 5.20. The van der Waals surface area contributed by atoms with E-state index >= 15 is 0 Å². The molecule has 0 aliphatic carbocycles. The molecule has 2 aromatic carbocycles. The molecule has 2 unspecified atom stereocenters. The van der Waals surface area contributed by atoms with Crippen molar-refractivity contribution in [3.05, 3.63) is 65.5 Å². The van der Waals surface area contributed by atoms with Gasteiger partial charge >= 0.3 is 0 Å². The largest absolute Gasteiger partial charge is 0.342 e. The normalized spacial score (nSPS) is 14.2.